The molecule has 29 heavy (non-hydrogen) atoms. The summed E-state index contributed by atoms with van der Waals surface area (Å²) in [7, 11) is 0. The number of ketones is 1. The van der Waals surface area contributed by atoms with E-state index in [9.17, 15) is 18.8 Å². The van der Waals surface area contributed by atoms with Crippen molar-refractivity contribution in [2.75, 3.05) is 0 Å². The lowest BCUT2D eigenvalue weighted by Gasteiger charge is -2.27. The van der Waals surface area contributed by atoms with Crippen LogP contribution in [-0.4, -0.2) is 23.8 Å². The minimum Gasteiger partial charge on any atom is -0.453 e. The van der Waals surface area contributed by atoms with E-state index < -0.39 is 17.9 Å². The smallest absolute Gasteiger partial charge is 0.307 e. The van der Waals surface area contributed by atoms with Crippen molar-refractivity contribution in [1.29, 1.82) is 0 Å². The quantitative estimate of drug-likeness (QED) is 0.568. The van der Waals surface area contributed by atoms with Gasteiger partial charge in [0, 0.05) is 12.0 Å². The predicted molar refractivity (Wildman–Crippen MR) is 106 cm³/mol. The summed E-state index contributed by atoms with van der Waals surface area (Å²) in [4.78, 5) is 36.5. The molecule has 5 nitrogen and oxygen atoms in total. The number of halogens is 1. The summed E-state index contributed by atoms with van der Waals surface area (Å²) in [5, 5.41) is 2.96. The maximum Gasteiger partial charge on any atom is 0.307 e. The minimum atomic E-state index is -0.947. The van der Waals surface area contributed by atoms with Gasteiger partial charge in [-0.3, -0.25) is 14.4 Å². The lowest BCUT2D eigenvalue weighted by molar-refractivity contribution is -0.155. The highest BCUT2D eigenvalue weighted by Gasteiger charge is 2.25. The number of esters is 1. The number of amides is 1. The van der Waals surface area contributed by atoms with Crippen LogP contribution in [-0.2, 0) is 20.7 Å². The standard InChI is InChI=1S/C23H24FNO4/c1-15(23(28)25-20-8-4-6-16-5-2-3-7-19(16)20)29-22(27)14-13-21(26)17-9-11-18(24)12-10-17/h2-3,5,7,9-12,15,20H,4,6,8,13-14H2,1H3,(H,25,28)/t15-,20-/m1/s1. The van der Waals surface area contributed by atoms with Crippen LogP contribution in [0.4, 0.5) is 4.39 Å². The zero-order valence-corrected chi connectivity index (χ0v) is 16.3. The first kappa shape index (κ1) is 20.7. The Kier molecular flexibility index (Phi) is 6.75. The highest BCUT2D eigenvalue weighted by atomic mass is 19.1. The molecule has 1 amide bonds. The van der Waals surface area contributed by atoms with E-state index in [0.717, 1.165) is 24.8 Å². The molecule has 2 aromatic carbocycles. The van der Waals surface area contributed by atoms with E-state index in [4.69, 9.17) is 4.74 Å². The third-order valence-electron chi connectivity index (χ3n) is 5.09. The van der Waals surface area contributed by atoms with Crippen molar-refractivity contribution in [3.8, 4) is 0 Å². The van der Waals surface area contributed by atoms with Crippen molar-refractivity contribution >= 4 is 17.7 Å². The Balaban J connectivity index is 1.47. The molecular weight excluding hydrogens is 373 g/mol. The second kappa shape index (κ2) is 9.45. The van der Waals surface area contributed by atoms with Gasteiger partial charge in [0.15, 0.2) is 11.9 Å². The molecule has 0 radical (unpaired) electrons. The Hall–Kier alpha value is -3.02. The maximum atomic E-state index is 12.9. The molecule has 0 aliphatic heterocycles. The van der Waals surface area contributed by atoms with Crippen molar-refractivity contribution in [2.24, 2.45) is 0 Å². The molecule has 2 aromatic rings. The number of fused-ring (bicyclic) bond motifs is 1. The van der Waals surface area contributed by atoms with Gasteiger partial charge in [0.05, 0.1) is 12.5 Å². The van der Waals surface area contributed by atoms with Gasteiger partial charge >= 0.3 is 5.97 Å². The number of rotatable bonds is 7. The molecule has 6 heteroatoms. The monoisotopic (exact) mass is 397 g/mol. The van der Waals surface area contributed by atoms with Crippen LogP contribution < -0.4 is 5.32 Å². The summed E-state index contributed by atoms with van der Waals surface area (Å²) in [6.07, 6.45) is 1.68. The van der Waals surface area contributed by atoms with Crippen LogP contribution in [0.15, 0.2) is 48.5 Å². The zero-order chi connectivity index (χ0) is 20.8. The third kappa shape index (κ3) is 5.50. The molecule has 0 saturated carbocycles. The SMILES string of the molecule is C[C@@H](OC(=O)CCC(=O)c1ccc(F)cc1)C(=O)N[C@@H]1CCCc2ccccc21. The molecule has 1 aliphatic rings. The van der Waals surface area contributed by atoms with Crippen LogP contribution in [0.25, 0.3) is 0 Å². The molecule has 3 rings (SSSR count). The van der Waals surface area contributed by atoms with E-state index in [1.54, 1.807) is 0 Å². The number of aryl methyl sites for hydroxylation is 1. The van der Waals surface area contributed by atoms with Crippen LogP contribution in [0.3, 0.4) is 0 Å². The molecule has 0 fully saturated rings. The Morgan fingerprint density at radius 2 is 1.83 bits per heavy atom. The zero-order valence-electron chi connectivity index (χ0n) is 16.3. The fraction of sp³-hybridized carbons (Fsp3) is 0.348. The Bertz CT molecular complexity index is 894. The molecule has 1 aliphatic carbocycles. The Morgan fingerprint density at radius 1 is 1.10 bits per heavy atom. The van der Waals surface area contributed by atoms with Crippen molar-refractivity contribution < 1.29 is 23.5 Å². The highest BCUT2D eigenvalue weighted by Crippen LogP contribution is 2.29. The average molecular weight is 397 g/mol. The minimum absolute atomic E-state index is 0.0607. The van der Waals surface area contributed by atoms with Gasteiger partial charge in [-0.15, -0.1) is 0 Å². The number of ether oxygens (including phenoxy) is 1. The van der Waals surface area contributed by atoms with Crippen LogP contribution in [0.1, 0.15) is 60.1 Å². The number of hydrogen-bond donors (Lipinski definition) is 1. The first-order chi connectivity index (χ1) is 13.9. The first-order valence-electron chi connectivity index (χ1n) is 9.80. The van der Waals surface area contributed by atoms with E-state index in [1.165, 1.54) is 36.8 Å². The Morgan fingerprint density at radius 3 is 2.59 bits per heavy atom. The summed E-state index contributed by atoms with van der Waals surface area (Å²) in [6, 6.07) is 13.1. The summed E-state index contributed by atoms with van der Waals surface area (Å²) < 4.78 is 18.1. The molecule has 0 bridgehead atoms. The van der Waals surface area contributed by atoms with Crippen molar-refractivity contribution in [3.05, 3.63) is 71.0 Å². The van der Waals surface area contributed by atoms with Gasteiger partial charge in [-0.1, -0.05) is 24.3 Å². The number of hydrogen-bond acceptors (Lipinski definition) is 4. The van der Waals surface area contributed by atoms with Gasteiger partial charge in [-0.25, -0.2) is 4.39 Å². The second-order valence-corrected chi connectivity index (χ2v) is 7.21. The lowest BCUT2D eigenvalue weighted by Crippen LogP contribution is -2.39. The van der Waals surface area contributed by atoms with Gasteiger partial charge in [-0.2, -0.15) is 0 Å². The number of carbonyl (C=O) groups excluding carboxylic acids is 3. The molecule has 0 spiro atoms. The summed E-state index contributed by atoms with van der Waals surface area (Å²) in [5.74, 6) is -1.68. The van der Waals surface area contributed by atoms with E-state index in [-0.39, 0.29) is 30.6 Å². The van der Waals surface area contributed by atoms with Crippen molar-refractivity contribution in [3.63, 3.8) is 0 Å². The molecule has 0 heterocycles. The molecule has 1 N–H and O–H groups in total. The highest BCUT2D eigenvalue weighted by molar-refractivity contribution is 5.97. The molecule has 152 valence electrons. The summed E-state index contributed by atoms with van der Waals surface area (Å²) in [6.45, 7) is 1.52. The topological polar surface area (TPSA) is 72.5 Å². The fourth-order valence-corrected chi connectivity index (χ4v) is 3.50. The van der Waals surface area contributed by atoms with Gasteiger partial charge in [0.25, 0.3) is 5.91 Å². The van der Waals surface area contributed by atoms with Crippen LogP contribution in [0.5, 0.6) is 0 Å². The fourth-order valence-electron chi connectivity index (χ4n) is 3.50. The van der Waals surface area contributed by atoms with E-state index >= 15 is 0 Å². The summed E-state index contributed by atoms with van der Waals surface area (Å²) in [5.41, 5.74) is 2.67. The molecule has 0 aromatic heterocycles. The first-order valence-corrected chi connectivity index (χ1v) is 9.80. The van der Waals surface area contributed by atoms with Gasteiger partial charge in [0.2, 0.25) is 0 Å². The molecule has 2 atom stereocenters. The normalized spacial score (nSPS) is 16.4. The van der Waals surface area contributed by atoms with E-state index in [2.05, 4.69) is 11.4 Å². The molecule has 0 unspecified atom stereocenters. The van der Waals surface area contributed by atoms with Crippen LogP contribution in [0.2, 0.25) is 0 Å². The second-order valence-electron chi connectivity index (χ2n) is 7.21. The average Bonchev–Trinajstić information content (AvgIpc) is 2.72. The van der Waals surface area contributed by atoms with Gasteiger partial charge < -0.3 is 10.1 Å². The lowest BCUT2D eigenvalue weighted by atomic mass is 9.87. The van der Waals surface area contributed by atoms with Crippen LogP contribution >= 0.6 is 0 Å². The van der Waals surface area contributed by atoms with Crippen molar-refractivity contribution in [1.82, 2.24) is 5.32 Å². The van der Waals surface area contributed by atoms with E-state index in [0.29, 0.717) is 5.56 Å². The molecule has 0 saturated heterocycles. The van der Waals surface area contributed by atoms with E-state index in [1.807, 2.05) is 18.2 Å². The number of carbonyl (C=O) groups is 3. The largest absolute Gasteiger partial charge is 0.453 e. The number of nitrogens with one attached hydrogen (secondary N) is 1. The number of benzene rings is 2. The third-order valence-corrected chi connectivity index (χ3v) is 5.09. The van der Waals surface area contributed by atoms with Gasteiger partial charge in [-0.05, 0) is 61.6 Å². The summed E-state index contributed by atoms with van der Waals surface area (Å²) >= 11 is 0. The van der Waals surface area contributed by atoms with Crippen molar-refractivity contribution in [2.45, 2.75) is 51.2 Å². The number of Topliss-reactive ketones (excluding diaryl/α,β-unsaturated/α-hetero) is 1. The van der Waals surface area contributed by atoms with Gasteiger partial charge in [0.1, 0.15) is 5.82 Å². The molecular formula is C23H24FNO4. The predicted octanol–water partition coefficient (Wildman–Crippen LogP) is 3.91. The van der Waals surface area contributed by atoms with Crippen LogP contribution in [0, 0.1) is 5.82 Å². The Labute approximate surface area is 169 Å². The maximum absolute atomic E-state index is 12.9.